The van der Waals surface area contributed by atoms with Gasteiger partial charge in [-0.1, -0.05) is 13.0 Å². The highest BCUT2D eigenvalue weighted by atomic mass is 16.2. The van der Waals surface area contributed by atoms with Gasteiger partial charge in [0, 0.05) is 31.0 Å². The van der Waals surface area contributed by atoms with Gasteiger partial charge in [0.25, 0.3) is 5.91 Å². The van der Waals surface area contributed by atoms with Gasteiger partial charge in [-0.2, -0.15) is 0 Å². The van der Waals surface area contributed by atoms with Gasteiger partial charge in [0.1, 0.15) is 5.82 Å². The molecule has 0 aromatic carbocycles. The smallest absolute Gasteiger partial charge is 0.254 e. The van der Waals surface area contributed by atoms with Crippen LogP contribution >= 0.6 is 0 Å². The maximum absolute atomic E-state index is 12.5. The summed E-state index contributed by atoms with van der Waals surface area (Å²) in [5.41, 5.74) is 2.83. The summed E-state index contributed by atoms with van der Waals surface area (Å²) in [7, 11) is 0. The first-order chi connectivity index (χ1) is 11.7. The van der Waals surface area contributed by atoms with Gasteiger partial charge in [0.15, 0.2) is 0 Å². The van der Waals surface area contributed by atoms with E-state index in [9.17, 15) is 4.79 Å². The maximum atomic E-state index is 12.5. The number of carbonyl (C=O) groups excluding carboxylic acids is 1. The summed E-state index contributed by atoms with van der Waals surface area (Å²) < 4.78 is 0. The van der Waals surface area contributed by atoms with Gasteiger partial charge in [-0.15, -0.1) is 0 Å². The molecule has 2 aromatic heterocycles. The van der Waals surface area contributed by atoms with Crippen molar-refractivity contribution in [2.24, 2.45) is 0 Å². The second kappa shape index (κ2) is 7.43. The Kier molecular flexibility index (Phi) is 5.08. The standard InChI is InChI=1S/C19H24N4O/c1-3-16(17-7-6-14(2)13-21-17)22-18-12-15(8-9-20-18)19(24)23-10-4-5-11-23/h6-9,12-13,16H,3-5,10-11H2,1-2H3,(H,20,22). The molecule has 0 radical (unpaired) electrons. The Bertz CT molecular complexity index is 693. The van der Waals surface area contributed by atoms with E-state index in [1.54, 1.807) is 12.3 Å². The molecule has 1 atom stereocenters. The van der Waals surface area contributed by atoms with Gasteiger partial charge in [-0.3, -0.25) is 9.78 Å². The average Bonchev–Trinajstić information content (AvgIpc) is 3.15. The predicted molar refractivity (Wildman–Crippen MR) is 95.0 cm³/mol. The second-order valence-electron chi connectivity index (χ2n) is 6.29. The summed E-state index contributed by atoms with van der Waals surface area (Å²) in [6, 6.07) is 7.81. The molecule has 5 nitrogen and oxygen atoms in total. The Hall–Kier alpha value is -2.43. The summed E-state index contributed by atoms with van der Waals surface area (Å²) in [5, 5.41) is 3.41. The number of hydrogen-bond acceptors (Lipinski definition) is 4. The number of hydrogen-bond donors (Lipinski definition) is 1. The van der Waals surface area contributed by atoms with Gasteiger partial charge in [0.2, 0.25) is 0 Å². The SMILES string of the molecule is CCC(Nc1cc(C(=O)N2CCCC2)ccn1)c1ccc(C)cn1. The zero-order valence-electron chi connectivity index (χ0n) is 14.3. The first kappa shape index (κ1) is 16.4. The van der Waals surface area contributed by atoms with Crippen LogP contribution in [0.25, 0.3) is 0 Å². The number of likely N-dealkylation sites (tertiary alicyclic amines) is 1. The molecule has 0 saturated carbocycles. The number of amides is 1. The number of nitrogens with zero attached hydrogens (tertiary/aromatic N) is 3. The van der Waals surface area contributed by atoms with Gasteiger partial charge in [0.05, 0.1) is 11.7 Å². The number of aromatic nitrogens is 2. The third kappa shape index (κ3) is 3.72. The zero-order chi connectivity index (χ0) is 16.9. The molecule has 1 fully saturated rings. The molecule has 1 aliphatic rings. The minimum absolute atomic E-state index is 0.0789. The van der Waals surface area contributed by atoms with Crippen LogP contribution < -0.4 is 5.32 Å². The van der Waals surface area contributed by atoms with E-state index >= 15 is 0 Å². The fraction of sp³-hybridized carbons (Fsp3) is 0.421. The van der Waals surface area contributed by atoms with E-state index in [2.05, 4.69) is 28.3 Å². The van der Waals surface area contributed by atoms with E-state index in [0.717, 1.165) is 43.6 Å². The topological polar surface area (TPSA) is 58.1 Å². The van der Waals surface area contributed by atoms with Crippen LogP contribution in [-0.2, 0) is 0 Å². The molecule has 1 aliphatic heterocycles. The van der Waals surface area contributed by atoms with Crippen molar-refractivity contribution in [2.75, 3.05) is 18.4 Å². The van der Waals surface area contributed by atoms with Crippen LogP contribution in [0.1, 0.15) is 53.8 Å². The summed E-state index contributed by atoms with van der Waals surface area (Å²) in [4.78, 5) is 23.3. The van der Waals surface area contributed by atoms with Crippen LogP contribution in [-0.4, -0.2) is 33.9 Å². The highest BCUT2D eigenvalue weighted by Gasteiger charge is 2.20. The summed E-state index contributed by atoms with van der Waals surface area (Å²) in [6.45, 7) is 5.85. The summed E-state index contributed by atoms with van der Waals surface area (Å²) >= 11 is 0. The lowest BCUT2D eigenvalue weighted by molar-refractivity contribution is 0.0792. The largest absolute Gasteiger partial charge is 0.362 e. The maximum Gasteiger partial charge on any atom is 0.254 e. The minimum atomic E-state index is 0.0789. The van der Waals surface area contributed by atoms with E-state index in [0.29, 0.717) is 11.4 Å². The molecule has 5 heteroatoms. The quantitative estimate of drug-likeness (QED) is 0.913. The lowest BCUT2D eigenvalue weighted by Crippen LogP contribution is -2.27. The van der Waals surface area contributed by atoms with Crippen molar-refractivity contribution in [1.82, 2.24) is 14.9 Å². The Morgan fingerprint density at radius 3 is 2.71 bits per heavy atom. The fourth-order valence-electron chi connectivity index (χ4n) is 2.99. The molecule has 0 spiro atoms. The number of carbonyl (C=O) groups is 1. The molecule has 1 amide bonds. The molecule has 0 aliphatic carbocycles. The fourth-order valence-corrected chi connectivity index (χ4v) is 2.99. The van der Waals surface area contributed by atoms with Crippen molar-refractivity contribution in [3.8, 4) is 0 Å². The molecule has 1 unspecified atom stereocenters. The molecule has 0 bridgehead atoms. The van der Waals surface area contributed by atoms with E-state index in [-0.39, 0.29) is 11.9 Å². The number of pyridine rings is 2. The Morgan fingerprint density at radius 2 is 2.04 bits per heavy atom. The first-order valence-corrected chi connectivity index (χ1v) is 8.62. The molecule has 126 valence electrons. The molecule has 24 heavy (non-hydrogen) atoms. The van der Waals surface area contributed by atoms with Crippen molar-refractivity contribution in [1.29, 1.82) is 0 Å². The van der Waals surface area contributed by atoms with Crippen LogP contribution in [0.4, 0.5) is 5.82 Å². The van der Waals surface area contributed by atoms with Crippen LogP contribution in [0.2, 0.25) is 0 Å². The van der Waals surface area contributed by atoms with Gasteiger partial charge < -0.3 is 10.2 Å². The number of nitrogens with one attached hydrogen (secondary N) is 1. The number of rotatable bonds is 5. The van der Waals surface area contributed by atoms with E-state index < -0.39 is 0 Å². The monoisotopic (exact) mass is 324 g/mol. The third-order valence-electron chi connectivity index (χ3n) is 4.42. The van der Waals surface area contributed by atoms with E-state index in [1.807, 2.05) is 30.2 Å². The minimum Gasteiger partial charge on any atom is -0.362 e. The Morgan fingerprint density at radius 1 is 1.25 bits per heavy atom. The van der Waals surface area contributed by atoms with Gasteiger partial charge in [-0.05, 0) is 49.9 Å². The van der Waals surface area contributed by atoms with E-state index in [4.69, 9.17) is 0 Å². The predicted octanol–water partition coefficient (Wildman–Crippen LogP) is 3.58. The highest BCUT2D eigenvalue weighted by molar-refractivity contribution is 5.95. The Labute approximate surface area is 143 Å². The molecular formula is C19H24N4O. The molecular weight excluding hydrogens is 300 g/mol. The highest BCUT2D eigenvalue weighted by Crippen LogP contribution is 2.21. The average molecular weight is 324 g/mol. The van der Waals surface area contributed by atoms with Crippen LogP contribution in [0.15, 0.2) is 36.7 Å². The van der Waals surface area contributed by atoms with Crippen LogP contribution in [0.5, 0.6) is 0 Å². The Balaban J connectivity index is 1.75. The number of anilines is 1. The van der Waals surface area contributed by atoms with E-state index in [1.165, 1.54) is 0 Å². The van der Waals surface area contributed by atoms with Crippen molar-refractivity contribution in [3.05, 3.63) is 53.5 Å². The summed E-state index contributed by atoms with van der Waals surface area (Å²) in [5.74, 6) is 0.814. The van der Waals surface area contributed by atoms with Crippen LogP contribution in [0, 0.1) is 6.92 Å². The second-order valence-corrected chi connectivity index (χ2v) is 6.29. The summed E-state index contributed by atoms with van der Waals surface area (Å²) in [6.07, 6.45) is 6.65. The first-order valence-electron chi connectivity index (χ1n) is 8.62. The van der Waals surface area contributed by atoms with Crippen molar-refractivity contribution >= 4 is 11.7 Å². The van der Waals surface area contributed by atoms with Crippen molar-refractivity contribution in [2.45, 2.75) is 39.2 Å². The third-order valence-corrected chi connectivity index (χ3v) is 4.42. The lowest BCUT2D eigenvalue weighted by Gasteiger charge is -2.19. The lowest BCUT2D eigenvalue weighted by atomic mass is 10.1. The molecule has 1 saturated heterocycles. The molecule has 3 rings (SSSR count). The molecule has 2 aromatic rings. The normalized spacial score (nSPS) is 15.3. The van der Waals surface area contributed by atoms with Gasteiger partial charge in [-0.25, -0.2) is 4.98 Å². The van der Waals surface area contributed by atoms with Gasteiger partial charge >= 0.3 is 0 Å². The molecule has 1 N–H and O–H groups in total. The molecule has 3 heterocycles. The van der Waals surface area contributed by atoms with Crippen molar-refractivity contribution < 1.29 is 4.79 Å². The zero-order valence-corrected chi connectivity index (χ0v) is 14.3. The van der Waals surface area contributed by atoms with Crippen molar-refractivity contribution in [3.63, 3.8) is 0 Å². The van der Waals surface area contributed by atoms with Crippen LogP contribution in [0.3, 0.4) is 0 Å². The number of aryl methyl sites for hydroxylation is 1.